The Balaban J connectivity index is 1.44. The van der Waals surface area contributed by atoms with Gasteiger partial charge in [0.2, 0.25) is 0 Å². The van der Waals surface area contributed by atoms with Gasteiger partial charge in [-0.15, -0.1) is 0 Å². The first kappa shape index (κ1) is 15.2. The number of benzene rings is 3. The smallest absolute Gasteiger partial charge is 0.0991 e. The number of hydrogen-bond donors (Lipinski definition) is 1. The number of nitrogens with zero attached hydrogens (tertiary/aromatic N) is 2. The fraction of sp³-hybridized carbons (Fsp3) is 0.0455. The van der Waals surface area contributed by atoms with Crippen molar-refractivity contribution in [3.8, 4) is 16.8 Å². The average Bonchev–Trinajstić information content (AvgIpc) is 3.23. The summed E-state index contributed by atoms with van der Waals surface area (Å²) in [5, 5.41) is 3.49. The normalized spacial score (nSPS) is 10.6. The molecule has 25 heavy (non-hydrogen) atoms. The number of aromatic nitrogens is 2. The summed E-state index contributed by atoms with van der Waals surface area (Å²) in [5.41, 5.74) is 5.94. The summed E-state index contributed by atoms with van der Waals surface area (Å²) in [6.07, 6.45) is 5.54. The largest absolute Gasteiger partial charge is 0.381 e. The van der Waals surface area contributed by atoms with E-state index in [1.165, 1.54) is 16.7 Å². The highest BCUT2D eigenvalue weighted by atomic mass is 15.0. The minimum absolute atomic E-state index is 0.794. The molecule has 1 N–H and O–H groups in total. The molecular weight excluding hydrogens is 306 g/mol. The summed E-state index contributed by atoms with van der Waals surface area (Å²) in [7, 11) is 0. The van der Waals surface area contributed by atoms with Crippen LogP contribution in [0.15, 0.2) is 97.6 Å². The van der Waals surface area contributed by atoms with Gasteiger partial charge in [0, 0.05) is 30.3 Å². The van der Waals surface area contributed by atoms with Crippen LogP contribution in [0.5, 0.6) is 0 Å². The molecule has 0 aliphatic heterocycles. The molecule has 1 heterocycles. The Hall–Kier alpha value is -3.33. The Morgan fingerprint density at radius 1 is 0.800 bits per heavy atom. The predicted molar refractivity (Wildman–Crippen MR) is 103 cm³/mol. The van der Waals surface area contributed by atoms with Gasteiger partial charge in [-0.1, -0.05) is 60.7 Å². The van der Waals surface area contributed by atoms with Crippen molar-refractivity contribution in [2.45, 2.75) is 6.54 Å². The van der Waals surface area contributed by atoms with Crippen LogP contribution in [0.25, 0.3) is 16.8 Å². The molecule has 0 fully saturated rings. The van der Waals surface area contributed by atoms with Crippen LogP contribution < -0.4 is 5.32 Å². The minimum atomic E-state index is 0.794. The standard InChI is InChI=1S/C22H19N3/c1-2-5-19(6-3-1)20-11-9-18(10-12-20)16-24-21-7-4-8-22(15-21)25-14-13-23-17-25/h1-15,17,24H,16H2. The summed E-state index contributed by atoms with van der Waals surface area (Å²) in [6, 6.07) is 27.5. The van der Waals surface area contributed by atoms with Crippen LogP contribution in [0, 0.1) is 0 Å². The molecule has 0 spiro atoms. The molecule has 0 amide bonds. The average molecular weight is 325 g/mol. The first-order chi connectivity index (χ1) is 12.4. The lowest BCUT2D eigenvalue weighted by Crippen LogP contribution is -2.00. The van der Waals surface area contributed by atoms with Gasteiger partial charge < -0.3 is 9.88 Å². The zero-order valence-electron chi connectivity index (χ0n) is 13.8. The van der Waals surface area contributed by atoms with E-state index in [-0.39, 0.29) is 0 Å². The molecule has 0 unspecified atom stereocenters. The quantitative estimate of drug-likeness (QED) is 0.550. The number of rotatable bonds is 5. The van der Waals surface area contributed by atoms with Gasteiger partial charge in [0.05, 0.1) is 6.33 Å². The zero-order valence-corrected chi connectivity index (χ0v) is 13.8. The summed E-state index contributed by atoms with van der Waals surface area (Å²) >= 11 is 0. The molecule has 4 rings (SSSR count). The lowest BCUT2D eigenvalue weighted by molar-refractivity contribution is 1.05. The molecule has 0 aliphatic rings. The van der Waals surface area contributed by atoms with Crippen LogP contribution in [0.3, 0.4) is 0 Å². The van der Waals surface area contributed by atoms with Gasteiger partial charge in [0.15, 0.2) is 0 Å². The van der Waals surface area contributed by atoms with Gasteiger partial charge in [-0.25, -0.2) is 4.98 Å². The van der Waals surface area contributed by atoms with Crippen molar-refractivity contribution in [3.63, 3.8) is 0 Å². The lowest BCUT2D eigenvalue weighted by Gasteiger charge is -2.10. The third-order valence-electron chi connectivity index (χ3n) is 4.21. The van der Waals surface area contributed by atoms with E-state index in [2.05, 4.69) is 83.1 Å². The number of anilines is 1. The monoisotopic (exact) mass is 325 g/mol. The van der Waals surface area contributed by atoms with Crippen molar-refractivity contribution in [1.82, 2.24) is 9.55 Å². The highest BCUT2D eigenvalue weighted by molar-refractivity contribution is 5.63. The van der Waals surface area contributed by atoms with Crippen molar-refractivity contribution in [2.24, 2.45) is 0 Å². The highest BCUT2D eigenvalue weighted by Crippen LogP contribution is 2.20. The molecule has 122 valence electrons. The van der Waals surface area contributed by atoms with Crippen LogP contribution in [0.2, 0.25) is 0 Å². The van der Waals surface area contributed by atoms with E-state index in [4.69, 9.17) is 0 Å². The van der Waals surface area contributed by atoms with Crippen LogP contribution in [-0.4, -0.2) is 9.55 Å². The summed E-state index contributed by atoms with van der Waals surface area (Å²) in [5.74, 6) is 0. The second kappa shape index (κ2) is 7.05. The van der Waals surface area contributed by atoms with Crippen LogP contribution >= 0.6 is 0 Å². The topological polar surface area (TPSA) is 29.9 Å². The Kier molecular flexibility index (Phi) is 4.29. The summed E-state index contributed by atoms with van der Waals surface area (Å²) in [6.45, 7) is 0.794. The maximum Gasteiger partial charge on any atom is 0.0991 e. The Bertz CT molecular complexity index is 927. The van der Waals surface area contributed by atoms with E-state index in [9.17, 15) is 0 Å². The van der Waals surface area contributed by atoms with Gasteiger partial charge in [-0.2, -0.15) is 0 Å². The van der Waals surface area contributed by atoms with Crippen molar-refractivity contribution in [2.75, 3.05) is 5.32 Å². The molecule has 0 atom stereocenters. The lowest BCUT2D eigenvalue weighted by atomic mass is 10.0. The molecule has 1 aromatic heterocycles. The molecule has 0 radical (unpaired) electrons. The van der Waals surface area contributed by atoms with E-state index in [0.717, 1.165) is 17.9 Å². The predicted octanol–water partition coefficient (Wildman–Crippen LogP) is 5.15. The molecule has 0 aliphatic carbocycles. The molecular formula is C22H19N3. The maximum atomic E-state index is 4.10. The zero-order chi connectivity index (χ0) is 16.9. The Morgan fingerprint density at radius 2 is 1.60 bits per heavy atom. The molecule has 3 nitrogen and oxygen atoms in total. The first-order valence-electron chi connectivity index (χ1n) is 8.35. The molecule has 0 saturated carbocycles. The van der Waals surface area contributed by atoms with Crippen molar-refractivity contribution >= 4 is 5.69 Å². The molecule has 4 aromatic rings. The van der Waals surface area contributed by atoms with Gasteiger partial charge in [-0.05, 0) is 34.9 Å². The van der Waals surface area contributed by atoms with E-state index in [1.807, 2.05) is 16.8 Å². The van der Waals surface area contributed by atoms with E-state index in [0.29, 0.717) is 0 Å². The molecule has 3 heteroatoms. The van der Waals surface area contributed by atoms with Crippen LogP contribution in [-0.2, 0) is 6.54 Å². The fourth-order valence-corrected chi connectivity index (χ4v) is 2.84. The number of imidazole rings is 1. The second-order valence-electron chi connectivity index (χ2n) is 5.94. The summed E-state index contributed by atoms with van der Waals surface area (Å²) in [4.78, 5) is 4.10. The number of hydrogen-bond acceptors (Lipinski definition) is 2. The molecule has 0 bridgehead atoms. The first-order valence-corrected chi connectivity index (χ1v) is 8.35. The van der Waals surface area contributed by atoms with Crippen molar-refractivity contribution in [1.29, 1.82) is 0 Å². The summed E-state index contributed by atoms with van der Waals surface area (Å²) < 4.78 is 2.00. The van der Waals surface area contributed by atoms with Gasteiger partial charge >= 0.3 is 0 Å². The fourth-order valence-electron chi connectivity index (χ4n) is 2.84. The van der Waals surface area contributed by atoms with E-state index in [1.54, 1.807) is 12.5 Å². The highest BCUT2D eigenvalue weighted by Gasteiger charge is 2.00. The minimum Gasteiger partial charge on any atom is -0.381 e. The second-order valence-corrected chi connectivity index (χ2v) is 5.94. The molecule has 0 saturated heterocycles. The van der Waals surface area contributed by atoms with Crippen molar-refractivity contribution in [3.05, 3.63) is 103 Å². The third kappa shape index (κ3) is 3.61. The van der Waals surface area contributed by atoms with E-state index >= 15 is 0 Å². The van der Waals surface area contributed by atoms with Crippen LogP contribution in [0.1, 0.15) is 5.56 Å². The Labute approximate surface area is 147 Å². The van der Waals surface area contributed by atoms with Gasteiger partial charge in [-0.3, -0.25) is 0 Å². The maximum absolute atomic E-state index is 4.10. The van der Waals surface area contributed by atoms with Crippen LogP contribution in [0.4, 0.5) is 5.69 Å². The number of nitrogens with one attached hydrogen (secondary N) is 1. The third-order valence-corrected chi connectivity index (χ3v) is 4.21. The van der Waals surface area contributed by atoms with Crippen molar-refractivity contribution < 1.29 is 0 Å². The van der Waals surface area contributed by atoms with E-state index < -0.39 is 0 Å². The van der Waals surface area contributed by atoms with Gasteiger partial charge in [0.1, 0.15) is 0 Å². The van der Waals surface area contributed by atoms with Gasteiger partial charge in [0.25, 0.3) is 0 Å². The Morgan fingerprint density at radius 3 is 2.36 bits per heavy atom. The molecule has 3 aromatic carbocycles. The SMILES string of the molecule is c1ccc(-c2ccc(CNc3cccc(-n4ccnc4)c3)cc2)cc1.